The second-order valence-electron chi connectivity index (χ2n) is 5.79. The molecule has 0 radical (unpaired) electrons. The van der Waals surface area contributed by atoms with Crippen LogP contribution in [0.15, 0.2) is 47.1 Å². The molecule has 0 saturated heterocycles. The number of halogens is 1. The quantitative estimate of drug-likeness (QED) is 0.239. The summed E-state index contributed by atoms with van der Waals surface area (Å²) in [7, 11) is 1.41. The van der Waals surface area contributed by atoms with Crippen LogP contribution < -0.4 is 14.2 Å². The first-order valence-corrected chi connectivity index (χ1v) is 9.34. The highest BCUT2D eigenvalue weighted by Crippen LogP contribution is 2.37. The van der Waals surface area contributed by atoms with Crippen molar-refractivity contribution in [2.24, 2.45) is 0 Å². The van der Waals surface area contributed by atoms with Gasteiger partial charge >= 0.3 is 5.97 Å². The first-order chi connectivity index (χ1) is 13.4. The van der Waals surface area contributed by atoms with Gasteiger partial charge < -0.3 is 14.2 Å². The van der Waals surface area contributed by atoms with E-state index in [2.05, 4.69) is 22.9 Å². The van der Waals surface area contributed by atoms with Gasteiger partial charge in [0.15, 0.2) is 18.1 Å². The van der Waals surface area contributed by atoms with Crippen molar-refractivity contribution in [2.75, 3.05) is 13.7 Å². The zero-order chi connectivity index (χ0) is 20.5. The summed E-state index contributed by atoms with van der Waals surface area (Å²) in [5.74, 6) is 0.399. The van der Waals surface area contributed by atoms with Gasteiger partial charge in [0.2, 0.25) is 6.20 Å². The molecule has 0 aliphatic rings. The zero-order valence-electron chi connectivity index (χ0n) is 15.5. The van der Waals surface area contributed by atoms with Gasteiger partial charge in [0.25, 0.3) is 0 Å². The van der Waals surface area contributed by atoms with Gasteiger partial charge in [-0.2, -0.15) is 0 Å². The van der Waals surface area contributed by atoms with Gasteiger partial charge in [-0.3, -0.25) is 10.1 Å². The highest BCUT2D eigenvalue weighted by Gasteiger charge is 2.16. The van der Waals surface area contributed by atoms with Gasteiger partial charge in [0, 0.05) is 6.08 Å². The van der Waals surface area contributed by atoms with E-state index >= 15 is 0 Å². The molecule has 0 heterocycles. The van der Waals surface area contributed by atoms with Crippen molar-refractivity contribution in [3.63, 3.8) is 0 Å². The lowest BCUT2D eigenvalue weighted by atomic mass is 10.1. The fourth-order valence-corrected chi connectivity index (χ4v) is 2.95. The Balaban J connectivity index is 2.03. The maximum absolute atomic E-state index is 12.1. The average Bonchev–Trinajstić information content (AvgIpc) is 2.67. The molecule has 8 heteroatoms. The van der Waals surface area contributed by atoms with E-state index in [0.29, 0.717) is 15.8 Å². The van der Waals surface area contributed by atoms with Crippen molar-refractivity contribution in [3.8, 4) is 17.2 Å². The van der Waals surface area contributed by atoms with Crippen molar-refractivity contribution in [1.82, 2.24) is 0 Å². The van der Waals surface area contributed by atoms with Crippen molar-refractivity contribution in [2.45, 2.75) is 19.8 Å². The molecule has 2 aromatic carbocycles. The third-order valence-electron chi connectivity index (χ3n) is 3.68. The summed E-state index contributed by atoms with van der Waals surface area (Å²) in [6, 6.07) is 10.7. The molecule has 0 amide bonds. The number of hydrogen-bond acceptors (Lipinski definition) is 6. The van der Waals surface area contributed by atoms with Crippen molar-refractivity contribution >= 4 is 28.0 Å². The third-order valence-corrected chi connectivity index (χ3v) is 4.26. The second-order valence-corrected chi connectivity index (χ2v) is 6.65. The van der Waals surface area contributed by atoms with Crippen LogP contribution in [0.2, 0.25) is 0 Å². The molecule has 28 heavy (non-hydrogen) atoms. The minimum atomic E-state index is -0.606. The number of rotatable bonds is 9. The number of hydrogen-bond donors (Lipinski definition) is 0. The smallest absolute Gasteiger partial charge is 0.349 e. The monoisotopic (exact) mass is 449 g/mol. The first-order valence-electron chi connectivity index (χ1n) is 8.54. The number of nitro groups is 1. The van der Waals surface area contributed by atoms with E-state index in [1.165, 1.54) is 24.8 Å². The van der Waals surface area contributed by atoms with E-state index < -0.39 is 10.9 Å². The van der Waals surface area contributed by atoms with Crippen LogP contribution in [0.4, 0.5) is 0 Å². The molecule has 0 saturated carbocycles. The van der Waals surface area contributed by atoms with Crippen molar-refractivity contribution < 1.29 is 23.9 Å². The van der Waals surface area contributed by atoms with Crippen LogP contribution in [0.25, 0.3) is 6.08 Å². The van der Waals surface area contributed by atoms with Gasteiger partial charge in [-0.15, -0.1) is 0 Å². The molecule has 7 nitrogen and oxygen atoms in total. The highest BCUT2D eigenvalue weighted by molar-refractivity contribution is 9.10. The zero-order valence-corrected chi connectivity index (χ0v) is 17.1. The van der Waals surface area contributed by atoms with Gasteiger partial charge in [0.05, 0.1) is 16.5 Å². The summed E-state index contributed by atoms with van der Waals surface area (Å²) in [6.07, 6.45) is 4.17. The van der Waals surface area contributed by atoms with E-state index in [0.717, 1.165) is 19.0 Å². The SMILES string of the molecule is CCCc1ccc(OCC(=O)Oc2c(Br)cc(C=C[N+](=O)[O-])cc2OC)cc1. The highest BCUT2D eigenvalue weighted by atomic mass is 79.9. The fraction of sp³-hybridized carbons (Fsp3) is 0.250. The minimum absolute atomic E-state index is 0.174. The van der Waals surface area contributed by atoms with E-state index in [-0.39, 0.29) is 18.1 Å². The molecule has 0 aliphatic carbocycles. The van der Waals surface area contributed by atoms with Crippen LogP contribution in [0, 0.1) is 10.1 Å². The van der Waals surface area contributed by atoms with Gasteiger partial charge in [-0.1, -0.05) is 25.5 Å². The third kappa shape index (κ3) is 6.38. The van der Waals surface area contributed by atoms with E-state index in [1.54, 1.807) is 6.07 Å². The molecule has 0 unspecified atom stereocenters. The normalized spacial score (nSPS) is 10.7. The molecule has 0 bridgehead atoms. The predicted molar refractivity (Wildman–Crippen MR) is 108 cm³/mol. The Kier molecular flexibility index (Phi) is 8.01. The molecule has 148 valence electrons. The standard InChI is InChI=1S/C20H20BrNO6/c1-3-4-14-5-7-16(8-6-14)27-13-19(23)28-20-17(21)11-15(9-10-22(24)25)12-18(20)26-2/h5-12H,3-4,13H2,1-2H3. The number of carbonyl (C=O) groups excluding carboxylic acids is 1. The van der Waals surface area contributed by atoms with Crippen LogP contribution in [0.1, 0.15) is 24.5 Å². The Bertz CT molecular complexity index is 864. The molecule has 0 aliphatic heterocycles. The van der Waals surface area contributed by atoms with E-state index in [9.17, 15) is 14.9 Å². The molecule has 2 aromatic rings. The van der Waals surface area contributed by atoms with Crippen LogP contribution in [0.3, 0.4) is 0 Å². The van der Waals surface area contributed by atoms with Crippen molar-refractivity contribution in [3.05, 3.63) is 68.3 Å². The lowest BCUT2D eigenvalue weighted by Crippen LogP contribution is -2.18. The number of carbonyl (C=O) groups is 1. The molecule has 0 spiro atoms. The molecule has 0 aromatic heterocycles. The number of benzene rings is 2. The summed E-state index contributed by atoms with van der Waals surface area (Å²) >= 11 is 3.29. The lowest BCUT2D eigenvalue weighted by Gasteiger charge is -2.12. The first kappa shape index (κ1) is 21.4. The summed E-state index contributed by atoms with van der Waals surface area (Å²) in [5, 5.41) is 10.5. The molecule has 0 N–H and O–H groups in total. The molecular formula is C20H20BrNO6. The summed E-state index contributed by atoms with van der Waals surface area (Å²) in [4.78, 5) is 22.0. The Morgan fingerprint density at radius 3 is 2.57 bits per heavy atom. The van der Waals surface area contributed by atoms with Gasteiger partial charge in [0.1, 0.15) is 5.75 Å². The van der Waals surface area contributed by atoms with Crippen LogP contribution >= 0.6 is 15.9 Å². The number of aryl methyl sites for hydroxylation is 1. The predicted octanol–water partition coefficient (Wildman–Crippen LogP) is 4.64. The Labute approximate surface area is 171 Å². The van der Waals surface area contributed by atoms with Crippen LogP contribution in [0.5, 0.6) is 17.2 Å². The Morgan fingerprint density at radius 2 is 1.96 bits per heavy atom. The van der Waals surface area contributed by atoms with Gasteiger partial charge in [-0.25, -0.2) is 4.79 Å². The molecular weight excluding hydrogens is 430 g/mol. The maximum Gasteiger partial charge on any atom is 0.349 e. The number of methoxy groups -OCH3 is 1. The number of ether oxygens (including phenoxy) is 3. The maximum atomic E-state index is 12.1. The van der Waals surface area contributed by atoms with Crippen LogP contribution in [-0.4, -0.2) is 24.6 Å². The molecule has 0 atom stereocenters. The number of esters is 1. The molecule has 0 fully saturated rings. The summed E-state index contributed by atoms with van der Waals surface area (Å²) < 4.78 is 16.4. The summed E-state index contributed by atoms with van der Waals surface area (Å²) in [6.45, 7) is 1.84. The second kappa shape index (κ2) is 10.5. The van der Waals surface area contributed by atoms with Crippen LogP contribution in [-0.2, 0) is 11.2 Å². The average molecular weight is 450 g/mol. The van der Waals surface area contributed by atoms with E-state index in [4.69, 9.17) is 14.2 Å². The molecule has 2 rings (SSSR count). The van der Waals surface area contributed by atoms with E-state index in [1.807, 2.05) is 24.3 Å². The Morgan fingerprint density at radius 1 is 1.25 bits per heavy atom. The van der Waals surface area contributed by atoms with Gasteiger partial charge in [-0.05, 0) is 57.7 Å². The summed E-state index contributed by atoms with van der Waals surface area (Å²) in [5.41, 5.74) is 1.72. The number of nitrogens with zero attached hydrogens (tertiary/aromatic N) is 1. The Hall–Kier alpha value is -2.87. The largest absolute Gasteiger partial charge is 0.493 e. The minimum Gasteiger partial charge on any atom is -0.493 e. The fourth-order valence-electron chi connectivity index (χ4n) is 2.41. The van der Waals surface area contributed by atoms with Crippen molar-refractivity contribution in [1.29, 1.82) is 0 Å². The lowest BCUT2D eigenvalue weighted by molar-refractivity contribution is -0.400. The topological polar surface area (TPSA) is 87.9 Å².